The number of anilines is 1. The van der Waals surface area contributed by atoms with Crippen LogP contribution >= 0.6 is 0 Å². The van der Waals surface area contributed by atoms with Gasteiger partial charge in [-0.3, -0.25) is 9.55 Å². The van der Waals surface area contributed by atoms with E-state index in [0.717, 1.165) is 6.07 Å². The molecule has 0 unspecified atom stereocenters. The first-order chi connectivity index (χ1) is 6.80. The first kappa shape index (κ1) is 15.0. The minimum Gasteiger partial charge on any atom is -0.862 e. The van der Waals surface area contributed by atoms with Crippen molar-refractivity contribution in [1.82, 2.24) is 0 Å². The molecular formula is C8H9LiN2O4S. The Kier molecular flexibility index (Phi) is 5.03. The molecule has 0 bridgehead atoms. The Bertz CT molecular complexity index is 509. The zero-order chi connectivity index (χ0) is 11.6. The molecule has 0 amide bonds. The first-order valence-corrected chi connectivity index (χ1v) is 5.34. The van der Waals surface area contributed by atoms with Gasteiger partial charge >= 0.3 is 18.9 Å². The number of nitrogens with two attached hydrogens (primary N) is 1. The summed E-state index contributed by atoms with van der Waals surface area (Å²) < 4.78 is 30.5. The minimum atomic E-state index is -4.39. The summed E-state index contributed by atoms with van der Waals surface area (Å²) in [7, 11) is -4.39. The molecule has 0 aromatic heterocycles. The van der Waals surface area contributed by atoms with Gasteiger partial charge in [-0.2, -0.15) is 8.42 Å². The molecule has 1 aromatic carbocycles. The van der Waals surface area contributed by atoms with E-state index in [0.29, 0.717) is 0 Å². The van der Waals surface area contributed by atoms with Gasteiger partial charge in [-0.25, -0.2) is 0 Å². The Labute approximate surface area is 105 Å². The van der Waals surface area contributed by atoms with Gasteiger partial charge in [0.25, 0.3) is 10.1 Å². The van der Waals surface area contributed by atoms with E-state index in [1.54, 1.807) is 0 Å². The van der Waals surface area contributed by atoms with Crippen molar-refractivity contribution in [2.24, 2.45) is 4.99 Å². The molecule has 1 rings (SSSR count). The third-order valence-electron chi connectivity index (χ3n) is 1.56. The molecule has 0 radical (unpaired) electrons. The largest absolute Gasteiger partial charge is 1.00 e. The van der Waals surface area contributed by atoms with Crippen LogP contribution in [0.2, 0.25) is 0 Å². The van der Waals surface area contributed by atoms with Crippen LogP contribution in [0.4, 0.5) is 11.4 Å². The topological polar surface area (TPSA) is 116 Å². The molecule has 0 spiro atoms. The molecular weight excluding hydrogens is 227 g/mol. The van der Waals surface area contributed by atoms with Gasteiger partial charge < -0.3 is 10.8 Å². The number of benzene rings is 1. The van der Waals surface area contributed by atoms with Gasteiger partial charge in [0.15, 0.2) is 0 Å². The summed E-state index contributed by atoms with van der Waals surface area (Å²) in [5.41, 5.74) is 5.37. The number of nitrogens with zero attached hydrogens (tertiary/aromatic N) is 1. The Morgan fingerprint density at radius 3 is 2.50 bits per heavy atom. The van der Waals surface area contributed by atoms with Gasteiger partial charge in [-0.1, -0.05) is 0 Å². The van der Waals surface area contributed by atoms with E-state index >= 15 is 0 Å². The molecule has 16 heavy (non-hydrogen) atoms. The molecule has 6 nitrogen and oxygen atoms in total. The van der Waals surface area contributed by atoms with Crippen molar-refractivity contribution in [3.63, 3.8) is 0 Å². The van der Waals surface area contributed by atoms with E-state index in [1.165, 1.54) is 19.1 Å². The number of hydrogen-bond acceptors (Lipinski definition) is 5. The van der Waals surface area contributed by atoms with Crippen LogP contribution in [0.5, 0.6) is 0 Å². The van der Waals surface area contributed by atoms with Crippen LogP contribution in [0.3, 0.4) is 0 Å². The third-order valence-corrected chi connectivity index (χ3v) is 2.47. The summed E-state index contributed by atoms with van der Waals surface area (Å²) in [6.45, 7) is 1.23. The van der Waals surface area contributed by atoms with Gasteiger partial charge in [-0.05, 0) is 31.0 Å². The molecule has 0 aliphatic carbocycles. The van der Waals surface area contributed by atoms with Crippen molar-refractivity contribution in [3.05, 3.63) is 18.2 Å². The molecule has 3 N–H and O–H groups in total. The van der Waals surface area contributed by atoms with E-state index < -0.39 is 20.9 Å². The van der Waals surface area contributed by atoms with Crippen molar-refractivity contribution >= 4 is 27.4 Å². The number of hydrogen-bond donors (Lipinski definition) is 2. The van der Waals surface area contributed by atoms with Crippen LogP contribution in [0.15, 0.2) is 28.1 Å². The number of rotatable bonds is 2. The summed E-state index contributed by atoms with van der Waals surface area (Å²) in [6, 6.07) is 3.67. The molecule has 0 heterocycles. The zero-order valence-corrected chi connectivity index (χ0v) is 9.65. The molecule has 0 saturated carbocycles. The molecule has 1 aromatic rings. The predicted molar refractivity (Wildman–Crippen MR) is 53.4 cm³/mol. The molecule has 0 aliphatic heterocycles. The fourth-order valence-electron chi connectivity index (χ4n) is 0.998. The van der Waals surface area contributed by atoms with Crippen LogP contribution in [0.25, 0.3) is 0 Å². The Balaban J connectivity index is 0.00000225. The Hall–Kier alpha value is -1.00. The van der Waals surface area contributed by atoms with Crippen molar-refractivity contribution in [3.8, 4) is 0 Å². The number of aliphatic imine (C=N–C) groups is 1. The van der Waals surface area contributed by atoms with E-state index in [4.69, 9.17) is 10.3 Å². The maximum atomic E-state index is 10.8. The summed E-state index contributed by atoms with van der Waals surface area (Å²) in [5.74, 6) is -0.471. The molecule has 0 aliphatic rings. The van der Waals surface area contributed by atoms with Crippen molar-refractivity contribution in [1.29, 1.82) is 0 Å². The first-order valence-electron chi connectivity index (χ1n) is 3.90. The van der Waals surface area contributed by atoms with Crippen molar-refractivity contribution < 1.29 is 36.9 Å². The second-order valence-corrected chi connectivity index (χ2v) is 4.22. The van der Waals surface area contributed by atoms with Crippen LogP contribution in [-0.2, 0) is 10.1 Å². The van der Waals surface area contributed by atoms with Crippen LogP contribution < -0.4 is 29.7 Å². The molecule has 8 heteroatoms. The SMILES string of the molecule is CC([O-])=Nc1ccc(N)c(S(=O)(=O)O)c1.[Li+]. The molecule has 0 saturated heterocycles. The monoisotopic (exact) mass is 236 g/mol. The van der Waals surface area contributed by atoms with Crippen LogP contribution in [-0.4, -0.2) is 18.9 Å². The standard InChI is InChI=1S/C8H10N2O4S.Li/c1-5(11)10-6-2-3-7(9)8(4-6)15(12,13)14;/h2-4H,9H2,1H3,(H,10,11)(H,12,13,14);/q;+1/p-1. The van der Waals surface area contributed by atoms with Crippen LogP contribution in [0, 0.1) is 0 Å². The van der Waals surface area contributed by atoms with Crippen LogP contribution in [0.1, 0.15) is 6.92 Å². The molecule has 0 atom stereocenters. The van der Waals surface area contributed by atoms with Crippen molar-refractivity contribution in [2.45, 2.75) is 11.8 Å². The van der Waals surface area contributed by atoms with E-state index in [-0.39, 0.29) is 30.2 Å². The predicted octanol–water partition coefficient (Wildman–Crippen LogP) is -3.07. The fourth-order valence-corrected chi connectivity index (χ4v) is 1.63. The average molecular weight is 236 g/mol. The fraction of sp³-hybridized carbons (Fsp3) is 0.125. The smallest absolute Gasteiger partial charge is 0.862 e. The quantitative estimate of drug-likeness (QED) is 0.186. The van der Waals surface area contributed by atoms with Gasteiger partial charge in [-0.15, -0.1) is 0 Å². The van der Waals surface area contributed by atoms with Gasteiger partial charge in [0.2, 0.25) is 0 Å². The molecule has 0 fully saturated rings. The molecule has 82 valence electrons. The van der Waals surface area contributed by atoms with Crippen molar-refractivity contribution in [2.75, 3.05) is 5.73 Å². The summed E-state index contributed by atoms with van der Waals surface area (Å²) in [6.07, 6.45) is 0. The van der Waals surface area contributed by atoms with Gasteiger partial charge in [0.05, 0.1) is 11.4 Å². The Morgan fingerprint density at radius 1 is 1.50 bits per heavy atom. The zero-order valence-electron chi connectivity index (χ0n) is 8.84. The number of nitrogen functional groups attached to an aromatic ring is 1. The average Bonchev–Trinajstić information content (AvgIpc) is 2.05. The van der Waals surface area contributed by atoms with E-state index in [9.17, 15) is 13.5 Å². The van der Waals surface area contributed by atoms with E-state index in [1.807, 2.05) is 0 Å². The third kappa shape index (κ3) is 3.87. The Morgan fingerprint density at radius 2 is 2.06 bits per heavy atom. The minimum absolute atomic E-state index is 0. The second-order valence-electron chi connectivity index (χ2n) is 2.83. The maximum Gasteiger partial charge on any atom is 1.00 e. The van der Waals surface area contributed by atoms with E-state index in [2.05, 4.69) is 4.99 Å². The van der Waals surface area contributed by atoms with Gasteiger partial charge in [0, 0.05) is 0 Å². The summed E-state index contributed by atoms with van der Waals surface area (Å²) in [5, 5.41) is 10.6. The second kappa shape index (κ2) is 5.36. The maximum absolute atomic E-state index is 10.8. The van der Waals surface area contributed by atoms with Gasteiger partial charge in [0.1, 0.15) is 4.90 Å². The summed E-state index contributed by atoms with van der Waals surface area (Å²) in [4.78, 5) is 3.05. The normalized spacial score (nSPS) is 12.0. The summed E-state index contributed by atoms with van der Waals surface area (Å²) >= 11 is 0.